The van der Waals surface area contributed by atoms with Crippen LogP contribution in [0, 0.1) is 6.92 Å². The van der Waals surface area contributed by atoms with Crippen molar-refractivity contribution >= 4 is 22.9 Å². The second-order valence-corrected chi connectivity index (χ2v) is 6.13. The Bertz CT molecular complexity index is 836. The molecule has 0 atom stereocenters. The van der Waals surface area contributed by atoms with Gasteiger partial charge in [-0.3, -0.25) is 9.48 Å². The summed E-state index contributed by atoms with van der Waals surface area (Å²) in [5.41, 5.74) is 3.40. The van der Waals surface area contributed by atoms with Gasteiger partial charge in [0.25, 0.3) is 5.91 Å². The highest BCUT2D eigenvalue weighted by atomic mass is 32.1. The number of amides is 1. The molecule has 0 unspecified atom stereocenters. The van der Waals surface area contributed by atoms with Crippen LogP contribution in [0.2, 0.25) is 0 Å². The number of nitrogens with zero attached hydrogens (tertiary/aromatic N) is 4. The molecule has 0 fully saturated rings. The number of hydrogen-bond donors (Lipinski definition) is 0. The summed E-state index contributed by atoms with van der Waals surface area (Å²) in [6.45, 7) is 4.58. The van der Waals surface area contributed by atoms with Crippen molar-refractivity contribution in [2.75, 3.05) is 11.4 Å². The monoisotopic (exact) mass is 326 g/mol. The highest BCUT2D eigenvalue weighted by Gasteiger charge is 2.20. The molecule has 0 aliphatic rings. The minimum absolute atomic E-state index is 0.0757. The maximum absolute atomic E-state index is 12.8. The normalized spacial score (nSPS) is 10.7. The Hall–Kier alpha value is -2.47. The number of benzene rings is 1. The van der Waals surface area contributed by atoms with Crippen LogP contribution >= 0.6 is 11.3 Å². The lowest BCUT2D eigenvalue weighted by atomic mass is 10.1. The second kappa shape index (κ2) is 6.34. The molecule has 0 radical (unpaired) electrons. The third kappa shape index (κ3) is 3.03. The van der Waals surface area contributed by atoms with E-state index in [4.69, 9.17) is 0 Å². The van der Waals surface area contributed by atoms with E-state index < -0.39 is 0 Å². The summed E-state index contributed by atoms with van der Waals surface area (Å²) in [5.74, 6) is -0.0757. The lowest BCUT2D eigenvalue weighted by Crippen LogP contribution is -2.31. The van der Waals surface area contributed by atoms with E-state index >= 15 is 0 Å². The zero-order valence-electron chi connectivity index (χ0n) is 13.4. The van der Waals surface area contributed by atoms with E-state index in [9.17, 15) is 4.79 Å². The van der Waals surface area contributed by atoms with Gasteiger partial charge in [0, 0.05) is 36.4 Å². The molecular formula is C17H18N4OS. The largest absolute Gasteiger partial charge is 0.307 e. The van der Waals surface area contributed by atoms with Gasteiger partial charge in [0.05, 0.1) is 6.20 Å². The zero-order chi connectivity index (χ0) is 16.4. The van der Waals surface area contributed by atoms with E-state index in [0.717, 1.165) is 21.8 Å². The molecule has 2 heterocycles. The molecule has 0 N–H and O–H groups in total. The fourth-order valence-corrected chi connectivity index (χ4v) is 3.23. The lowest BCUT2D eigenvalue weighted by Gasteiger charge is -2.21. The SMILES string of the molecule is CCN(C(=O)c1csc(-c2cnn(C)c2)n1)c1ccccc1C. The molecule has 3 rings (SSSR count). The summed E-state index contributed by atoms with van der Waals surface area (Å²) >= 11 is 1.46. The van der Waals surface area contributed by atoms with Crippen LogP contribution in [0.5, 0.6) is 0 Å². The Balaban J connectivity index is 1.90. The van der Waals surface area contributed by atoms with Gasteiger partial charge in [-0.25, -0.2) is 4.98 Å². The second-order valence-electron chi connectivity index (χ2n) is 5.28. The number of carbonyl (C=O) groups is 1. The molecule has 6 heteroatoms. The van der Waals surface area contributed by atoms with Crippen LogP contribution in [-0.2, 0) is 7.05 Å². The maximum atomic E-state index is 12.8. The first kappa shape index (κ1) is 15.4. The van der Waals surface area contributed by atoms with Crippen LogP contribution in [-0.4, -0.2) is 27.2 Å². The quantitative estimate of drug-likeness (QED) is 0.737. The van der Waals surface area contributed by atoms with E-state index in [2.05, 4.69) is 10.1 Å². The van der Waals surface area contributed by atoms with Crippen molar-refractivity contribution in [3.8, 4) is 10.6 Å². The Morgan fingerprint density at radius 1 is 1.35 bits per heavy atom. The van der Waals surface area contributed by atoms with Crippen molar-refractivity contribution in [2.45, 2.75) is 13.8 Å². The van der Waals surface area contributed by atoms with Crippen LogP contribution in [0.3, 0.4) is 0 Å². The summed E-state index contributed by atoms with van der Waals surface area (Å²) < 4.78 is 1.73. The number of aromatic nitrogens is 3. The van der Waals surface area contributed by atoms with Gasteiger partial charge in [-0.2, -0.15) is 5.10 Å². The van der Waals surface area contributed by atoms with Gasteiger partial charge < -0.3 is 4.90 Å². The number of thiazole rings is 1. The molecule has 0 saturated carbocycles. The van der Waals surface area contributed by atoms with Crippen LogP contribution in [0.15, 0.2) is 42.0 Å². The summed E-state index contributed by atoms with van der Waals surface area (Å²) in [7, 11) is 1.86. The van der Waals surface area contributed by atoms with E-state index in [1.54, 1.807) is 15.8 Å². The molecule has 118 valence electrons. The van der Waals surface area contributed by atoms with Gasteiger partial charge in [-0.1, -0.05) is 18.2 Å². The smallest absolute Gasteiger partial charge is 0.277 e. The number of aryl methyl sites for hydroxylation is 2. The first-order valence-electron chi connectivity index (χ1n) is 7.42. The van der Waals surface area contributed by atoms with Crippen molar-refractivity contribution in [2.24, 2.45) is 7.05 Å². The predicted molar refractivity (Wildman–Crippen MR) is 92.8 cm³/mol. The molecular weight excluding hydrogens is 308 g/mol. The van der Waals surface area contributed by atoms with Crippen molar-refractivity contribution in [3.05, 3.63) is 53.3 Å². The molecule has 0 aliphatic carbocycles. The Kier molecular flexibility index (Phi) is 4.25. The molecule has 1 aromatic carbocycles. The average molecular weight is 326 g/mol. The van der Waals surface area contributed by atoms with Crippen molar-refractivity contribution < 1.29 is 4.79 Å². The van der Waals surface area contributed by atoms with Crippen LogP contribution in [0.4, 0.5) is 5.69 Å². The number of anilines is 1. The molecule has 0 saturated heterocycles. The highest BCUT2D eigenvalue weighted by molar-refractivity contribution is 7.13. The zero-order valence-corrected chi connectivity index (χ0v) is 14.2. The first-order valence-corrected chi connectivity index (χ1v) is 8.30. The lowest BCUT2D eigenvalue weighted by molar-refractivity contribution is 0.0984. The summed E-state index contributed by atoms with van der Waals surface area (Å²) in [4.78, 5) is 19.1. The van der Waals surface area contributed by atoms with Crippen LogP contribution in [0.1, 0.15) is 23.0 Å². The Morgan fingerprint density at radius 2 is 2.13 bits per heavy atom. The minimum Gasteiger partial charge on any atom is -0.307 e. The number of para-hydroxylation sites is 1. The van der Waals surface area contributed by atoms with E-state index in [0.29, 0.717) is 12.2 Å². The molecule has 3 aromatic rings. The average Bonchev–Trinajstić information content (AvgIpc) is 3.18. The van der Waals surface area contributed by atoms with E-state index in [1.165, 1.54) is 11.3 Å². The van der Waals surface area contributed by atoms with Gasteiger partial charge in [-0.05, 0) is 25.5 Å². The van der Waals surface area contributed by atoms with Crippen molar-refractivity contribution in [1.29, 1.82) is 0 Å². The Morgan fingerprint density at radius 3 is 2.78 bits per heavy atom. The molecule has 2 aromatic heterocycles. The highest BCUT2D eigenvalue weighted by Crippen LogP contribution is 2.26. The third-order valence-electron chi connectivity index (χ3n) is 3.64. The van der Waals surface area contributed by atoms with Crippen LogP contribution < -0.4 is 4.90 Å². The van der Waals surface area contributed by atoms with Crippen molar-refractivity contribution in [1.82, 2.24) is 14.8 Å². The van der Waals surface area contributed by atoms with Gasteiger partial charge in [0.2, 0.25) is 0 Å². The van der Waals surface area contributed by atoms with Gasteiger partial charge in [0.15, 0.2) is 0 Å². The number of hydrogen-bond acceptors (Lipinski definition) is 4. The molecule has 0 aliphatic heterocycles. The topological polar surface area (TPSA) is 51.0 Å². The maximum Gasteiger partial charge on any atom is 0.277 e. The fraction of sp³-hybridized carbons (Fsp3) is 0.235. The summed E-state index contributed by atoms with van der Waals surface area (Å²) in [5, 5.41) is 6.76. The number of rotatable bonds is 4. The molecule has 5 nitrogen and oxygen atoms in total. The number of carbonyl (C=O) groups excluding carboxylic acids is 1. The van der Waals surface area contributed by atoms with Gasteiger partial charge in [-0.15, -0.1) is 11.3 Å². The summed E-state index contributed by atoms with van der Waals surface area (Å²) in [6, 6.07) is 7.89. The Labute approximate surface area is 139 Å². The van der Waals surface area contributed by atoms with Gasteiger partial charge >= 0.3 is 0 Å². The summed E-state index contributed by atoms with van der Waals surface area (Å²) in [6.07, 6.45) is 3.65. The van der Waals surface area contributed by atoms with Crippen molar-refractivity contribution in [3.63, 3.8) is 0 Å². The molecule has 0 bridgehead atoms. The molecule has 1 amide bonds. The predicted octanol–water partition coefficient (Wildman–Crippen LogP) is 3.52. The standard InChI is InChI=1S/C17H18N4OS/c1-4-21(15-8-6-5-7-12(15)2)17(22)14-11-23-16(19-14)13-9-18-20(3)10-13/h5-11H,4H2,1-3H3. The molecule has 23 heavy (non-hydrogen) atoms. The van der Waals surface area contributed by atoms with Crippen LogP contribution in [0.25, 0.3) is 10.6 Å². The van der Waals surface area contributed by atoms with Gasteiger partial charge in [0.1, 0.15) is 10.7 Å². The van der Waals surface area contributed by atoms with E-state index in [1.807, 2.05) is 56.7 Å². The fourth-order valence-electron chi connectivity index (χ4n) is 2.46. The first-order chi connectivity index (χ1) is 11.1. The van der Waals surface area contributed by atoms with E-state index in [-0.39, 0.29) is 5.91 Å². The minimum atomic E-state index is -0.0757. The molecule has 0 spiro atoms. The third-order valence-corrected chi connectivity index (χ3v) is 4.53.